The van der Waals surface area contributed by atoms with Gasteiger partial charge in [0.05, 0.1) is 25.8 Å². The van der Waals surface area contributed by atoms with Gasteiger partial charge in [-0.2, -0.15) is 0 Å². The summed E-state index contributed by atoms with van der Waals surface area (Å²) in [7, 11) is 3.19. The molecule has 0 aliphatic carbocycles. The number of benzene rings is 2. The van der Waals surface area contributed by atoms with E-state index in [0.717, 1.165) is 12.0 Å². The van der Waals surface area contributed by atoms with E-state index in [1.54, 1.807) is 32.4 Å². The van der Waals surface area contributed by atoms with Crippen molar-refractivity contribution in [3.63, 3.8) is 0 Å². The van der Waals surface area contributed by atoms with E-state index in [9.17, 15) is 4.79 Å². The van der Waals surface area contributed by atoms with E-state index in [1.807, 2.05) is 18.2 Å². The van der Waals surface area contributed by atoms with E-state index in [4.69, 9.17) is 49.6 Å². The fourth-order valence-electron chi connectivity index (χ4n) is 2.60. The summed E-state index contributed by atoms with van der Waals surface area (Å²) in [5.41, 5.74) is 6.30. The first-order valence-corrected chi connectivity index (χ1v) is 10.7. The molecule has 168 valence electrons. The molecule has 0 unspecified atom stereocenters. The summed E-state index contributed by atoms with van der Waals surface area (Å²) in [6, 6.07) is 10.7. The number of hydrogen-bond acceptors (Lipinski definition) is 5. The largest absolute Gasteiger partial charge is 0.493 e. The van der Waals surface area contributed by atoms with Gasteiger partial charge in [-0.1, -0.05) is 29.3 Å². The van der Waals surface area contributed by atoms with Gasteiger partial charge in [0.25, 0.3) is 0 Å². The number of thiocarbonyl (C=S) groups is 1. The number of ether oxygens (including phenoxy) is 3. The van der Waals surface area contributed by atoms with Gasteiger partial charge in [-0.05, 0) is 61.0 Å². The maximum atomic E-state index is 11.9. The highest BCUT2D eigenvalue weighted by Gasteiger charge is 2.06. The van der Waals surface area contributed by atoms with E-state index in [-0.39, 0.29) is 12.3 Å². The average molecular weight is 486 g/mol. The van der Waals surface area contributed by atoms with Crippen LogP contribution in [0.5, 0.6) is 17.2 Å². The summed E-state index contributed by atoms with van der Waals surface area (Å²) in [5, 5.41) is 4.34. The van der Waals surface area contributed by atoms with Gasteiger partial charge in [0.2, 0.25) is 5.91 Å². The Morgan fingerprint density at radius 2 is 1.74 bits per heavy atom. The lowest BCUT2D eigenvalue weighted by Gasteiger charge is -2.13. The van der Waals surface area contributed by atoms with Crippen molar-refractivity contribution in [1.29, 1.82) is 0 Å². The fraction of sp³-hybridized carbons (Fsp3) is 0.333. The Morgan fingerprint density at radius 3 is 2.45 bits per heavy atom. The maximum absolute atomic E-state index is 11.9. The third-order valence-corrected chi connectivity index (χ3v) is 4.94. The number of hydrogen-bond donors (Lipinski definition) is 3. The Bertz CT molecular complexity index is 899. The monoisotopic (exact) mass is 485 g/mol. The Hall–Kier alpha value is -2.42. The van der Waals surface area contributed by atoms with Gasteiger partial charge in [-0.25, -0.2) is 0 Å². The number of hydrazine groups is 1. The van der Waals surface area contributed by atoms with Crippen LogP contribution in [-0.4, -0.2) is 38.4 Å². The number of rotatable bonds is 10. The molecule has 0 heterocycles. The minimum Gasteiger partial charge on any atom is -0.493 e. The van der Waals surface area contributed by atoms with Crippen LogP contribution in [-0.2, 0) is 11.2 Å². The lowest BCUT2D eigenvalue weighted by molar-refractivity contribution is -0.121. The molecule has 0 aliphatic rings. The van der Waals surface area contributed by atoms with Crippen LogP contribution in [0.15, 0.2) is 36.4 Å². The van der Waals surface area contributed by atoms with Crippen molar-refractivity contribution in [3.8, 4) is 17.2 Å². The summed E-state index contributed by atoms with van der Waals surface area (Å²) >= 11 is 17.0. The van der Waals surface area contributed by atoms with Gasteiger partial charge in [0.1, 0.15) is 5.75 Å². The molecule has 2 rings (SSSR count). The molecule has 0 atom stereocenters. The van der Waals surface area contributed by atoms with Gasteiger partial charge in [-0.3, -0.25) is 15.6 Å². The Morgan fingerprint density at radius 1 is 1.00 bits per heavy atom. The molecular formula is C21H25Cl2N3O4S. The predicted octanol–water partition coefficient (Wildman–Crippen LogP) is 3.91. The molecule has 2 aromatic rings. The second kappa shape index (κ2) is 13.1. The number of carbonyl (C=O) groups excluding carboxylic acids is 1. The first-order valence-electron chi connectivity index (χ1n) is 9.54. The van der Waals surface area contributed by atoms with E-state index >= 15 is 0 Å². The summed E-state index contributed by atoms with van der Waals surface area (Å²) in [5.74, 6) is 1.69. The zero-order valence-corrected chi connectivity index (χ0v) is 19.6. The first-order chi connectivity index (χ1) is 14.9. The number of methoxy groups -OCH3 is 2. The summed E-state index contributed by atoms with van der Waals surface area (Å²) in [6.45, 7) is 0.940. The van der Waals surface area contributed by atoms with Crippen LogP contribution in [0.2, 0.25) is 10.0 Å². The zero-order chi connectivity index (χ0) is 22.6. The van der Waals surface area contributed by atoms with Crippen molar-refractivity contribution >= 4 is 46.4 Å². The van der Waals surface area contributed by atoms with Gasteiger partial charge >= 0.3 is 0 Å². The topological polar surface area (TPSA) is 80.9 Å². The standard InChI is InChI=1S/C21H25Cl2N3O4S/c1-28-18-7-5-14(12-19(18)29-2)9-10-24-21(31)26-25-20(27)4-3-11-30-17-8-6-15(22)13-16(17)23/h5-8,12-13H,3-4,9-11H2,1-2H3,(H,25,27)(H2,24,26,31). The molecule has 0 saturated carbocycles. The predicted molar refractivity (Wildman–Crippen MR) is 126 cm³/mol. The van der Waals surface area contributed by atoms with E-state index < -0.39 is 0 Å². The van der Waals surface area contributed by atoms with Crippen LogP contribution in [0.1, 0.15) is 18.4 Å². The third kappa shape index (κ3) is 8.69. The molecule has 31 heavy (non-hydrogen) atoms. The van der Waals surface area contributed by atoms with Crippen molar-refractivity contribution in [2.24, 2.45) is 0 Å². The minimum absolute atomic E-state index is 0.199. The zero-order valence-electron chi connectivity index (χ0n) is 17.3. The normalized spacial score (nSPS) is 10.2. The fourth-order valence-corrected chi connectivity index (χ4v) is 3.21. The van der Waals surface area contributed by atoms with Crippen LogP contribution < -0.4 is 30.4 Å². The quantitative estimate of drug-likeness (QED) is 0.267. The number of amides is 1. The maximum Gasteiger partial charge on any atom is 0.238 e. The molecule has 0 bridgehead atoms. The second-order valence-corrected chi connectivity index (χ2v) is 7.65. The van der Waals surface area contributed by atoms with Crippen LogP contribution in [0.3, 0.4) is 0 Å². The molecule has 1 amide bonds. The molecular weight excluding hydrogens is 461 g/mol. The molecule has 3 N–H and O–H groups in total. The van der Waals surface area contributed by atoms with E-state index in [0.29, 0.717) is 52.0 Å². The SMILES string of the molecule is COc1ccc(CCNC(=S)NNC(=O)CCCOc2ccc(Cl)cc2Cl)cc1OC. The molecule has 0 radical (unpaired) electrons. The van der Waals surface area contributed by atoms with Gasteiger partial charge in [0, 0.05) is 18.0 Å². The lowest BCUT2D eigenvalue weighted by atomic mass is 10.1. The second-order valence-electron chi connectivity index (χ2n) is 6.40. The molecule has 0 fully saturated rings. The molecule has 7 nitrogen and oxygen atoms in total. The van der Waals surface area contributed by atoms with Gasteiger partial charge in [-0.15, -0.1) is 0 Å². The molecule has 2 aromatic carbocycles. The Kier molecular flexibility index (Phi) is 10.5. The number of carbonyl (C=O) groups is 1. The van der Waals surface area contributed by atoms with Crippen molar-refractivity contribution < 1.29 is 19.0 Å². The summed E-state index contributed by atoms with van der Waals surface area (Å²) in [6.07, 6.45) is 1.51. The molecule has 0 aromatic heterocycles. The first kappa shape index (κ1) is 24.8. The van der Waals surface area contributed by atoms with Crippen molar-refractivity contribution in [1.82, 2.24) is 16.2 Å². The smallest absolute Gasteiger partial charge is 0.238 e. The van der Waals surface area contributed by atoms with Crippen LogP contribution in [0.25, 0.3) is 0 Å². The van der Waals surface area contributed by atoms with Crippen LogP contribution in [0.4, 0.5) is 0 Å². The molecule has 0 spiro atoms. The number of halogens is 2. The van der Waals surface area contributed by atoms with Gasteiger partial charge < -0.3 is 19.5 Å². The van der Waals surface area contributed by atoms with Crippen molar-refractivity contribution in [2.75, 3.05) is 27.4 Å². The highest BCUT2D eigenvalue weighted by atomic mass is 35.5. The highest BCUT2D eigenvalue weighted by molar-refractivity contribution is 7.80. The average Bonchev–Trinajstić information content (AvgIpc) is 2.76. The molecule has 0 saturated heterocycles. The Balaban J connectivity index is 1.60. The Labute approximate surface area is 197 Å². The summed E-state index contributed by atoms with van der Waals surface area (Å²) in [4.78, 5) is 11.9. The van der Waals surface area contributed by atoms with Crippen LogP contribution >= 0.6 is 35.4 Å². The van der Waals surface area contributed by atoms with Gasteiger partial charge in [0.15, 0.2) is 16.6 Å². The minimum atomic E-state index is -0.199. The molecule has 0 aliphatic heterocycles. The van der Waals surface area contributed by atoms with Crippen molar-refractivity contribution in [2.45, 2.75) is 19.3 Å². The van der Waals surface area contributed by atoms with E-state index in [1.165, 1.54) is 0 Å². The molecule has 10 heteroatoms. The third-order valence-electron chi connectivity index (χ3n) is 4.16. The highest BCUT2D eigenvalue weighted by Crippen LogP contribution is 2.28. The number of nitrogens with one attached hydrogen (secondary N) is 3. The lowest BCUT2D eigenvalue weighted by Crippen LogP contribution is -2.47. The van der Waals surface area contributed by atoms with Crippen LogP contribution in [0, 0.1) is 0 Å². The summed E-state index contributed by atoms with van der Waals surface area (Å²) < 4.78 is 16.1. The van der Waals surface area contributed by atoms with E-state index in [2.05, 4.69) is 16.2 Å². The van der Waals surface area contributed by atoms with Crippen molar-refractivity contribution in [3.05, 3.63) is 52.0 Å².